The van der Waals surface area contributed by atoms with E-state index in [9.17, 15) is 8.42 Å². The molecule has 0 unspecified atom stereocenters. The van der Waals surface area contributed by atoms with Crippen LogP contribution >= 0.6 is 11.6 Å². The summed E-state index contributed by atoms with van der Waals surface area (Å²) < 4.78 is 29.4. The van der Waals surface area contributed by atoms with Crippen molar-refractivity contribution in [3.05, 3.63) is 47.0 Å². The van der Waals surface area contributed by atoms with Crippen molar-refractivity contribution in [3.8, 4) is 6.07 Å². The molecule has 3 rings (SSSR count). The van der Waals surface area contributed by atoms with Crippen molar-refractivity contribution in [2.75, 3.05) is 6.54 Å². The van der Waals surface area contributed by atoms with Gasteiger partial charge < -0.3 is 4.57 Å². The van der Waals surface area contributed by atoms with Gasteiger partial charge in [-0.15, -0.1) is 0 Å². The molecule has 1 aromatic carbocycles. The van der Waals surface area contributed by atoms with Crippen LogP contribution in [-0.4, -0.2) is 24.5 Å². The molecule has 2 heterocycles. The molecule has 1 aromatic heterocycles. The average Bonchev–Trinajstić information content (AvgIpc) is 3.01. The van der Waals surface area contributed by atoms with E-state index < -0.39 is 10.0 Å². The fourth-order valence-corrected chi connectivity index (χ4v) is 3.97. The van der Waals surface area contributed by atoms with Gasteiger partial charge in [0, 0.05) is 31.9 Å². The molecule has 23 heavy (non-hydrogen) atoms. The van der Waals surface area contributed by atoms with Gasteiger partial charge in [-0.2, -0.15) is 5.26 Å². The SMILES string of the molecule is N#Cc1cc(S(=O)(=O)NC[C@H]2CCc3nccn3C2)ccc1Cl. The Morgan fingerprint density at radius 1 is 1.48 bits per heavy atom. The first-order chi connectivity index (χ1) is 11.0. The lowest BCUT2D eigenvalue weighted by atomic mass is 10.00. The molecule has 1 aliphatic rings. The van der Waals surface area contributed by atoms with Gasteiger partial charge in [-0.1, -0.05) is 11.6 Å². The van der Waals surface area contributed by atoms with Crippen LogP contribution in [0.4, 0.5) is 0 Å². The number of fused-ring (bicyclic) bond motifs is 1. The molecule has 0 amide bonds. The summed E-state index contributed by atoms with van der Waals surface area (Å²) in [6.07, 6.45) is 5.41. The molecule has 0 radical (unpaired) electrons. The van der Waals surface area contributed by atoms with Crippen molar-refractivity contribution in [3.63, 3.8) is 0 Å². The monoisotopic (exact) mass is 350 g/mol. The van der Waals surface area contributed by atoms with Gasteiger partial charge in [-0.05, 0) is 30.5 Å². The Morgan fingerprint density at radius 3 is 3.09 bits per heavy atom. The summed E-state index contributed by atoms with van der Waals surface area (Å²) in [5.74, 6) is 1.26. The van der Waals surface area contributed by atoms with Gasteiger partial charge in [0.1, 0.15) is 11.9 Å². The van der Waals surface area contributed by atoms with E-state index in [0.29, 0.717) is 6.54 Å². The fourth-order valence-electron chi connectivity index (χ4n) is 2.67. The molecule has 0 bridgehead atoms. The maximum absolute atomic E-state index is 12.4. The minimum atomic E-state index is -3.66. The molecule has 2 aromatic rings. The Kier molecular flexibility index (Phi) is 4.39. The molecular formula is C15H15ClN4O2S. The number of nitrogens with zero attached hydrogens (tertiary/aromatic N) is 3. The molecule has 0 saturated carbocycles. The van der Waals surface area contributed by atoms with Crippen molar-refractivity contribution in [2.24, 2.45) is 5.92 Å². The van der Waals surface area contributed by atoms with E-state index in [1.54, 1.807) is 6.20 Å². The molecule has 120 valence electrons. The van der Waals surface area contributed by atoms with Crippen LogP contribution in [-0.2, 0) is 23.0 Å². The first-order valence-electron chi connectivity index (χ1n) is 7.19. The molecule has 1 N–H and O–H groups in total. The zero-order chi connectivity index (χ0) is 16.4. The Balaban J connectivity index is 1.69. The predicted molar refractivity (Wildman–Crippen MR) is 85.4 cm³/mol. The highest BCUT2D eigenvalue weighted by atomic mass is 35.5. The zero-order valence-electron chi connectivity index (χ0n) is 12.2. The number of aromatic nitrogens is 2. The van der Waals surface area contributed by atoms with Crippen molar-refractivity contribution in [1.29, 1.82) is 5.26 Å². The van der Waals surface area contributed by atoms with Crippen molar-refractivity contribution < 1.29 is 8.42 Å². The van der Waals surface area contributed by atoms with Crippen LogP contribution in [0.3, 0.4) is 0 Å². The number of halogens is 1. The third-order valence-electron chi connectivity index (χ3n) is 3.96. The number of aryl methyl sites for hydroxylation is 1. The third-order valence-corrected chi connectivity index (χ3v) is 5.71. The van der Waals surface area contributed by atoms with Crippen LogP contribution < -0.4 is 4.72 Å². The van der Waals surface area contributed by atoms with Crippen LogP contribution in [0.1, 0.15) is 17.8 Å². The van der Waals surface area contributed by atoms with Gasteiger partial charge in [-0.3, -0.25) is 0 Å². The highest BCUT2D eigenvalue weighted by Gasteiger charge is 2.22. The summed E-state index contributed by atoms with van der Waals surface area (Å²) >= 11 is 5.84. The number of sulfonamides is 1. The van der Waals surface area contributed by atoms with E-state index in [1.165, 1.54) is 18.2 Å². The second kappa shape index (κ2) is 6.32. The number of nitriles is 1. The number of benzene rings is 1. The second-order valence-corrected chi connectivity index (χ2v) is 7.68. The molecule has 0 saturated heterocycles. The van der Waals surface area contributed by atoms with E-state index >= 15 is 0 Å². The second-order valence-electron chi connectivity index (χ2n) is 5.51. The Bertz CT molecular complexity index is 870. The van der Waals surface area contributed by atoms with Gasteiger partial charge in [0.25, 0.3) is 0 Å². The number of hydrogen-bond acceptors (Lipinski definition) is 4. The Morgan fingerprint density at radius 2 is 2.30 bits per heavy atom. The quantitative estimate of drug-likeness (QED) is 0.912. The molecular weight excluding hydrogens is 336 g/mol. The molecule has 0 aliphatic carbocycles. The lowest BCUT2D eigenvalue weighted by Crippen LogP contribution is -2.33. The molecule has 6 nitrogen and oxygen atoms in total. The van der Waals surface area contributed by atoms with Gasteiger partial charge in [-0.25, -0.2) is 18.1 Å². The summed E-state index contributed by atoms with van der Waals surface area (Å²) in [7, 11) is -3.66. The molecule has 1 aliphatic heterocycles. The summed E-state index contributed by atoms with van der Waals surface area (Å²) in [5.41, 5.74) is 0.148. The smallest absolute Gasteiger partial charge is 0.240 e. The van der Waals surface area contributed by atoms with Crippen LogP contribution in [0.25, 0.3) is 0 Å². The zero-order valence-corrected chi connectivity index (χ0v) is 13.8. The Hall–Kier alpha value is -1.88. The number of imidazole rings is 1. The number of nitrogens with one attached hydrogen (secondary N) is 1. The van der Waals surface area contributed by atoms with E-state index in [-0.39, 0.29) is 21.4 Å². The van der Waals surface area contributed by atoms with Crippen LogP contribution in [0.15, 0.2) is 35.5 Å². The van der Waals surface area contributed by atoms with Crippen LogP contribution in [0.2, 0.25) is 5.02 Å². The van der Waals surface area contributed by atoms with Crippen molar-refractivity contribution in [2.45, 2.75) is 24.3 Å². The first kappa shape index (κ1) is 16.0. The van der Waals surface area contributed by atoms with Crippen molar-refractivity contribution >= 4 is 21.6 Å². The van der Waals surface area contributed by atoms with E-state index in [2.05, 4.69) is 14.3 Å². The van der Waals surface area contributed by atoms with Gasteiger partial charge in [0.15, 0.2) is 0 Å². The summed E-state index contributed by atoms with van der Waals surface area (Å²) in [6.45, 7) is 1.10. The third kappa shape index (κ3) is 3.39. The maximum Gasteiger partial charge on any atom is 0.240 e. The van der Waals surface area contributed by atoms with Crippen LogP contribution in [0, 0.1) is 17.2 Å². The highest BCUT2D eigenvalue weighted by Crippen LogP contribution is 2.21. The summed E-state index contributed by atoms with van der Waals surface area (Å²) in [4.78, 5) is 4.31. The summed E-state index contributed by atoms with van der Waals surface area (Å²) in [6, 6.07) is 6.00. The standard InChI is InChI=1S/C15H15ClN4O2S/c16-14-3-2-13(7-12(14)8-17)23(21,22)19-9-11-1-4-15-18-5-6-20(15)10-11/h2-3,5-7,11,19H,1,4,9-10H2/t11-/m1/s1. The first-order valence-corrected chi connectivity index (χ1v) is 9.05. The molecule has 0 spiro atoms. The van der Waals surface area contributed by atoms with Crippen molar-refractivity contribution in [1.82, 2.24) is 14.3 Å². The number of rotatable bonds is 4. The van der Waals surface area contributed by atoms with Gasteiger partial charge in [0.05, 0.1) is 15.5 Å². The normalized spacial score (nSPS) is 17.5. The van der Waals surface area contributed by atoms with Gasteiger partial charge >= 0.3 is 0 Å². The fraction of sp³-hybridized carbons (Fsp3) is 0.333. The summed E-state index contributed by atoms with van der Waals surface area (Å²) in [5, 5.41) is 9.20. The van der Waals surface area contributed by atoms with E-state index in [1.807, 2.05) is 12.3 Å². The maximum atomic E-state index is 12.4. The van der Waals surface area contributed by atoms with Gasteiger partial charge in [0.2, 0.25) is 10.0 Å². The molecule has 1 atom stereocenters. The lowest BCUT2D eigenvalue weighted by Gasteiger charge is -2.23. The minimum Gasteiger partial charge on any atom is -0.335 e. The Labute approximate surface area is 139 Å². The van der Waals surface area contributed by atoms with E-state index in [4.69, 9.17) is 16.9 Å². The van der Waals surface area contributed by atoms with Crippen LogP contribution in [0.5, 0.6) is 0 Å². The minimum absolute atomic E-state index is 0.0533. The largest absolute Gasteiger partial charge is 0.335 e. The predicted octanol–water partition coefficient (Wildman–Crippen LogP) is 1.95. The van der Waals surface area contributed by atoms with E-state index in [0.717, 1.165) is 25.2 Å². The molecule has 0 fully saturated rings. The lowest BCUT2D eigenvalue weighted by molar-refractivity contribution is 0.363. The molecule has 8 heteroatoms. The average molecular weight is 351 g/mol. The topological polar surface area (TPSA) is 87.8 Å². The highest BCUT2D eigenvalue weighted by molar-refractivity contribution is 7.89. The number of hydrogen-bond donors (Lipinski definition) is 1.